The normalized spacial score (nSPS) is 10.7. The van der Waals surface area contributed by atoms with Gasteiger partial charge in [0.2, 0.25) is 0 Å². The van der Waals surface area contributed by atoms with Gasteiger partial charge >= 0.3 is 0 Å². The first-order chi connectivity index (χ1) is 7.19. The van der Waals surface area contributed by atoms with Crippen molar-refractivity contribution in [2.45, 2.75) is 24.2 Å². The molecule has 0 aliphatic rings. The largest absolute Gasteiger partial charge is 0.330 e. The molecule has 84 valence electrons. The zero-order chi connectivity index (χ0) is 11.3. The smallest absolute Gasteiger partial charge is 0.140 e. The molecule has 0 bridgehead atoms. The van der Waals surface area contributed by atoms with E-state index in [0.29, 0.717) is 23.4 Å². The molecule has 0 spiro atoms. The van der Waals surface area contributed by atoms with Crippen LogP contribution in [-0.2, 0) is 6.42 Å². The van der Waals surface area contributed by atoms with E-state index in [4.69, 9.17) is 5.73 Å². The van der Waals surface area contributed by atoms with Crippen LogP contribution in [0.1, 0.15) is 18.4 Å². The van der Waals surface area contributed by atoms with E-state index >= 15 is 0 Å². The van der Waals surface area contributed by atoms with Crippen molar-refractivity contribution in [3.8, 4) is 0 Å². The molecule has 1 aromatic carbocycles. The molecule has 1 rings (SSSR count). The Hall–Kier alpha value is -0.610. The van der Waals surface area contributed by atoms with Gasteiger partial charge < -0.3 is 5.73 Å². The number of aryl methyl sites for hydroxylation is 1. The van der Waals surface area contributed by atoms with Gasteiger partial charge in [0.15, 0.2) is 0 Å². The predicted molar refractivity (Wildman–Crippen MR) is 60.1 cm³/mol. The van der Waals surface area contributed by atoms with Crippen LogP contribution in [0.2, 0.25) is 0 Å². The first-order valence-corrected chi connectivity index (χ1v) is 6.13. The maximum absolute atomic E-state index is 13.7. The molecule has 0 radical (unpaired) electrons. The summed E-state index contributed by atoms with van der Waals surface area (Å²) in [6.45, 7) is 0.590. The number of unbranched alkanes of at least 4 members (excludes halogenated alkanes) is 1. The summed E-state index contributed by atoms with van der Waals surface area (Å²) in [5, 5.41) is 0. The van der Waals surface area contributed by atoms with E-state index in [0.717, 1.165) is 12.8 Å². The SMILES string of the molecule is CSc1cc(F)cc(CCCCN)c1F. The molecule has 0 aromatic heterocycles. The predicted octanol–water partition coefficient (Wildman–Crippen LogP) is 2.97. The molecule has 0 saturated heterocycles. The van der Waals surface area contributed by atoms with Gasteiger partial charge in [-0.15, -0.1) is 11.8 Å². The third-order valence-corrected chi connectivity index (χ3v) is 2.94. The summed E-state index contributed by atoms with van der Waals surface area (Å²) >= 11 is 1.22. The van der Waals surface area contributed by atoms with Crippen LogP contribution >= 0.6 is 11.8 Å². The molecule has 15 heavy (non-hydrogen) atoms. The Kier molecular flexibility index (Phi) is 5.05. The number of hydrogen-bond donors (Lipinski definition) is 1. The zero-order valence-corrected chi connectivity index (χ0v) is 9.54. The molecule has 2 N–H and O–H groups in total. The van der Waals surface area contributed by atoms with Gasteiger partial charge in [0.1, 0.15) is 11.6 Å². The van der Waals surface area contributed by atoms with Crippen LogP contribution in [0.4, 0.5) is 8.78 Å². The van der Waals surface area contributed by atoms with Gasteiger partial charge in [-0.2, -0.15) is 0 Å². The molecule has 1 nitrogen and oxygen atoms in total. The number of halogens is 2. The first kappa shape index (κ1) is 12.5. The van der Waals surface area contributed by atoms with Crippen molar-refractivity contribution in [1.29, 1.82) is 0 Å². The second-order valence-electron chi connectivity index (χ2n) is 3.33. The fourth-order valence-electron chi connectivity index (χ4n) is 1.41. The van der Waals surface area contributed by atoms with Crippen molar-refractivity contribution in [2.24, 2.45) is 5.73 Å². The molecular formula is C11H15F2NS. The Morgan fingerprint density at radius 3 is 2.60 bits per heavy atom. The number of thioether (sulfide) groups is 1. The molecule has 4 heteroatoms. The molecule has 0 atom stereocenters. The molecule has 0 heterocycles. The summed E-state index contributed by atoms with van der Waals surface area (Å²) in [4.78, 5) is 0.373. The Bertz CT molecular complexity index is 329. The van der Waals surface area contributed by atoms with Crippen LogP contribution in [0.15, 0.2) is 17.0 Å². The summed E-state index contributed by atoms with van der Waals surface area (Å²) in [6.07, 6.45) is 3.92. The lowest BCUT2D eigenvalue weighted by Gasteiger charge is -2.06. The van der Waals surface area contributed by atoms with Gasteiger partial charge in [0, 0.05) is 4.90 Å². The van der Waals surface area contributed by atoms with Crippen LogP contribution in [0.3, 0.4) is 0 Å². The molecule has 0 aliphatic heterocycles. The van der Waals surface area contributed by atoms with Gasteiger partial charge in [0.05, 0.1) is 0 Å². The maximum atomic E-state index is 13.7. The highest BCUT2D eigenvalue weighted by Crippen LogP contribution is 2.24. The van der Waals surface area contributed by atoms with Crippen LogP contribution < -0.4 is 5.73 Å². The van der Waals surface area contributed by atoms with Crippen molar-refractivity contribution in [2.75, 3.05) is 12.8 Å². The third kappa shape index (κ3) is 3.47. The lowest BCUT2D eigenvalue weighted by atomic mass is 10.1. The lowest BCUT2D eigenvalue weighted by Crippen LogP contribution is -2.01. The quantitative estimate of drug-likeness (QED) is 0.623. The van der Waals surface area contributed by atoms with E-state index < -0.39 is 0 Å². The number of rotatable bonds is 5. The van der Waals surface area contributed by atoms with Crippen molar-refractivity contribution in [3.05, 3.63) is 29.3 Å². The van der Waals surface area contributed by atoms with Crippen molar-refractivity contribution in [3.63, 3.8) is 0 Å². The summed E-state index contributed by atoms with van der Waals surface area (Å²) in [7, 11) is 0. The summed E-state index contributed by atoms with van der Waals surface area (Å²) in [5.41, 5.74) is 5.80. The molecule has 1 aromatic rings. The van der Waals surface area contributed by atoms with Gasteiger partial charge in [-0.3, -0.25) is 0 Å². The summed E-state index contributed by atoms with van der Waals surface area (Å²) in [6, 6.07) is 2.50. The molecular weight excluding hydrogens is 216 g/mol. The summed E-state index contributed by atoms with van der Waals surface area (Å²) < 4.78 is 26.8. The van der Waals surface area contributed by atoms with Crippen LogP contribution in [0, 0.1) is 11.6 Å². The maximum Gasteiger partial charge on any atom is 0.140 e. The standard InChI is InChI=1S/C11H15F2NS/c1-15-10-7-9(12)6-8(11(10)13)4-2-3-5-14/h6-7H,2-5,14H2,1H3. The van der Waals surface area contributed by atoms with Crippen molar-refractivity contribution < 1.29 is 8.78 Å². The topological polar surface area (TPSA) is 26.0 Å². The molecule has 0 saturated carbocycles. The average molecular weight is 231 g/mol. The molecule has 0 fully saturated rings. The van der Waals surface area contributed by atoms with Crippen molar-refractivity contribution in [1.82, 2.24) is 0 Å². The van der Waals surface area contributed by atoms with Crippen LogP contribution in [0.25, 0.3) is 0 Å². The van der Waals surface area contributed by atoms with E-state index in [1.165, 1.54) is 23.9 Å². The van der Waals surface area contributed by atoms with Gasteiger partial charge in [0.25, 0.3) is 0 Å². The van der Waals surface area contributed by atoms with E-state index in [9.17, 15) is 8.78 Å². The molecule has 0 amide bonds. The van der Waals surface area contributed by atoms with E-state index in [-0.39, 0.29) is 11.6 Å². The highest BCUT2D eigenvalue weighted by molar-refractivity contribution is 7.98. The van der Waals surface area contributed by atoms with E-state index in [2.05, 4.69) is 0 Å². The molecule has 0 aliphatic carbocycles. The van der Waals surface area contributed by atoms with E-state index in [1.54, 1.807) is 6.26 Å². The van der Waals surface area contributed by atoms with E-state index in [1.807, 2.05) is 0 Å². The van der Waals surface area contributed by atoms with Crippen molar-refractivity contribution >= 4 is 11.8 Å². The monoisotopic (exact) mass is 231 g/mol. The fraction of sp³-hybridized carbons (Fsp3) is 0.455. The van der Waals surface area contributed by atoms with Gasteiger partial charge in [-0.25, -0.2) is 8.78 Å². The highest BCUT2D eigenvalue weighted by Gasteiger charge is 2.09. The minimum absolute atomic E-state index is 0.291. The fourth-order valence-corrected chi connectivity index (χ4v) is 1.95. The Labute approximate surface area is 93.1 Å². The highest BCUT2D eigenvalue weighted by atomic mass is 32.2. The minimum atomic E-state index is -0.372. The Morgan fingerprint density at radius 2 is 2.00 bits per heavy atom. The summed E-state index contributed by atoms with van der Waals surface area (Å²) in [5.74, 6) is -0.663. The Balaban J connectivity index is 2.81. The van der Waals surface area contributed by atoms with Crippen LogP contribution in [0.5, 0.6) is 0 Å². The first-order valence-electron chi connectivity index (χ1n) is 4.91. The number of hydrogen-bond acceptors (Lipinski definition) is 2. The Morgan fingerprint density at radius 1 is 1.27 bits per heavy atom. The van der Waals surface area contributed by atoms with Crippen LogP contribution in [-0.4, -0.2) is 12.8 Å². The number of benzene rings is 1. The minimum Gasteiger partial charge on any atom is -0.330 e. The number of nitrogens with two attached hydrogens (primary N) is 1. The third-order valence-electron chi connectivity index (χ3n) is 2.20. The van der Waals surface area contributed by atoms with Gasteiger partial charge in [-0.05, 0) is 49.8 Å². The second-order valence-corrected chi connectivity index (χ2v) is 4.18. The second kappa shape index (κ2) is 6.08. The zero-order valence-electron chi connectivity index (χ0n) is 8.72. The molecule has 0 unspecified atom stereocenters. The van der Waals surface area contributed by atoms with Gasteiger partial charge in [-0.1, -0.05) is 0 Å². The average Bonchev–Trinajstić information content (AvgIpc) is 2.23. The lowest BCUT2D eigenvalue weighted by molar-refractivity contribution is 0.555.